The Morgan fingerprint density at radius 2 is 1.84 bits per heavy atom. The predicted molar refractivity (Wildman–Crippen MR) is 106 cm³/mol. The summed E-state index contributed by atoms with van der Waals surface area (Å²) in [5, 5.41) is 5.40. The van der Waals surface area contributed by atoms with E-state index in [1.165, 1.54) is 17.6 Å². The molecule has 0 heterocycles. The molecule has 2 N–H and O–H groups in total. The van der Waals surface area contributed by atoms with Crippen LogP contribution in [0.25, 0.3) is 11.1 Å². The minimum Gasteiger partial charge on any atom is -0.382 e. The van der Waals surface area contributed by atoms with Gasteiger partial charge in [-0.05, 0) is 51.4 Å². The number of nitrogens with one attached hydrogen (secondary N) is 2. The molecule has 0 spiro atoms. The third-order valence-corrected chi connectivity index (χ3v) is 4.28. The van der Waals surface area contributed by atoms with Crippen LogP contribution in [-0.2, 0) is 20.9 Å². The molecule has 0 unspecified atom stereocenters. The van der Waals surface area contributed by atoms with Crippen molar-refractivity contribution in [2.45, 2.75) is 19.5 Å². The maximum atomic E-state index is 12.2. The number of benzene rings is 2. The average molecular weight is 452 g/mol. The van der Waals surface area contributed by atoms with Gasteiger partial charge in [0.15, 0.2) is 0 Å². The Bertz CT molecular complexity index is 732. The summed E-state index contributed by atoms with van der Waals surface area (Å²) in [7, 11) is 1.49. The topological polar surface area (TPSA) is 67.4 Å². The Morgan fingerprint density at radius 3 is 2.44 bits per heavy atom. The van der Waals surface area contributed by atoms with Crippen molar-refractivity contribution in [3.05, 3.63) is 57.7 Å². The van der Waals surface area contributed by atoms with Crippen molar-refractivity contribution in [2.24, 2.45) is 0 Å². The molecule has 25 heavy (non-hydrogen) atoms. The molecule has 0 aliphatic heterocycles. The van der Waals surface area contributed by atoms with E-state index >= 15 is 0 Å². The number of ether oxygens (including phenoxy) is 1. The van der Waals surface area contributed by atoms with E-state index in [1.54, 1.807) is 0 Å². The molecule has 0 radical (unpaired) electrons. The highest BCUT2D eigenvalue weighted by Crippen LogP contribution is 2.21. The predicted octanol–water partition coefficient (Wildman–Crippen LogP) is 2.73. The average Bonchev–Trinajstić information content (AvgIpc) is 2.59. The zero-order valence-electron chi connectivity index (χ0n) is 14.2. The van der Waals surface area contributed by atoms with Gasteiger partial charge in [-0.2, -0.15) is 0 Å². The quantitative estimate of drug-likeness (QED) is 0.636. The summed E-state index contributed by atoms with van der Waals surface area (Å²) in [5.41, 5.74) is 3.28. The smallest absolute Gasteiger partial charge is 0.245 e. The van der Waals surface area contributed by atoms with Crippen LogP contribution in [0.2, 0.25) is 0 Å². The molecule has 2 rings (SSSR count). The molecule has 0 aliphatic rings. The molecule has 0 aromatic heterocycles. The van der Waals surface area contributed by atoms with Crippen molar-refractivity contribution in [3.63, 3.8) is 0 Å². The van der Waals surface area contributed by atoms with Crippen LogP contribution in [-0.4, -0.2) is 31.6 Å². The summed E-state index contributed by atoms with van der Waals surface area (Å²) in [4.78, 5) is 23.3. The van der Waals surface area contributed by atoms with Crippen LogP contribution in [0.1, 0.15) is 12.5 Å². The standard InChI is InChI=1S/C19H21IN2O3/c1-13(23)22-18(12-25-2)19(24)21-11-14-6-8-15(9-7-14)16-4-3-5-17(20)10-16/h3-10,18H,11-12H2,1-2H3,(H,21,24)(H,22,23)/t18-/m1/s1. The molecule has 2 aromatic rings. The van der Waals surface area contributed by atoms with E-state index in [-0.39, 0.29) is 18.4 Å². The van der Waals surface area contributed by atoms with Gasteiger partial charge < -0.3 is 15.4 Å². The number of carbonyl (C=O) groups excluding carboxylic acids is 2. The van der Waals surface area contributed by atoms with Gasteiger partial charge in [-0.3, -0.25) is 9.59 Å². The van der Waals surface area contributed by atoms with E-state index in [9.17, 15) is 9.59 Å². The Morgan fingerprint density at radius 1 is 1.12 bits per heavy atom. The van der Waals surface area contributed by atoms with Crippen molar-refractivity contribution >= 4 is 34.4 Å². The lowest BCUT2D eigenvalue weighted by atomic mass is 10.0. The second kappa shape index (κ2) is 9.53. The summed E-state index contributed by atoms with van der Waals surface area (Å²) in [6.07, 6.45) is 0. The van der Waals surface area contributed by atoms with E-state index in [0.717, 1.165) is 16.7 Å². The van der Waals surface area contributed by atoms with Gasteiger partial charge in [0.25, 0.3) is 0 Å². The summed E-state index contributed by atoms with van der Waals surface area (Å²) < 4.78 is 6.16. The van der Waals surface area contributed by atoms with Gasteiger partial charge in [0, 0.05) is 24.1 Å². The minimum absolute atomic E-state index is 0.136. The number of hydrogen-bond donors (Lipinski definition) is 2. The van der Waals surface area contributed by atoms with Crippen molar-refractivity contribution in [1.82, 2.24) is 10.6 Å². The van der Waals surface area contributed by atoms with Gasteiger partial charge in [0.05, 0.1) is 6.61 Å². The van der Waals surface area contributed by atoms with Crippen LogP contribution >= 0.6 is 22.6 Å². The number of rotatable bonds is 7. The Balaban J connectivity index is 1.96. The van der Waals surface area contributed by atoms with Crippen LogP contribution in [0.4, 0.5) is 0 Å². The van der Waals surface area contributed by atoms with E-state index in [4.69, 9.17) is 4.74 Å². The molecule has 0 bridgehead atoms. The number of carbonyl (C=O) groups is 2. The largest absolute Gasteiger partial charge is 0.382 e. The first kappa shape index (κ1) is 19.4. The van der Waals surface area contributed by atoms with Gasteiger partial charge in [0.1, 0.15) is 6.04 Å². The summed E-state index contributed by atoms with van der Waals surface area (Å²) >= 11 is 2.29. The van der Waals surface area contributed by atoms with Gasteiger partial charge in [-0.15, -0.1) is 0 Å². The van der Waals surface area contributed by atoms with E-state index in [0.29, 0.717) is 6.54 Å². The summed E-state index contributed by atoms with van der Waals surface area (Å²) in [6, 6.07) is 15.6. The lowest BCUT2D eigenvalue weighted by Gasteiger charge is -2.16. The van der Waals surface area contributed by atoms with Crippen LogP contribution < -0.4 is 10.6 Å². The number of hydrogen-bond acceptors (Lipinski definition) is 3. The van der Waals surface area contributed by atoms with Gasteiger partial charge in [0.2, 0.25) is 11.8 Å². The number of halogens is 1. The fourth-order valence-electron chi connectivity index (χ4n) is 2.39. The van der Waals surface area contributed by atoms with Gasteiger partial charge >= 0.3 is 0 Å². The van der Waals surface area contributed by atoms with Gasteiger partial charge in [-0.25, -0.2) is 0 Å². The van der Waals surface area contributed by atoms with Crippen molar-refractivity contribution < 1.29 is 14.3 Å². The van der Waals surface area contributed by atoms with Gasteiger partial charge in [-0.1, -0.05) is 36.4 Å². The molecular weight excluding hydrogens is 431 g/mol. The van der Waals surface area contributed by atoms with Crippen molar-refractivity contribution in [3.8, 4) is 11.1 Å². The highest BCUT2D eigenvalue weighted by Gasteiger charge is 2.18. The zero-order chi connectivity index (χ0) is 18.2. The van der Waals surface area contributed by atoms with Crippen LogP contribution in [0.15, 0.2) is 48.5 Å². The zero-order valence-corrected chi connectivity index (χ0v) is 16.4. The minimum atomic E-state index is -0.687. The van der Waals surface area contributed by atoms with E-state index in [2.05, 4.69) is 51.4 Å². The normalized spacial score (nSPS) is 11.6. The molecule has 0 saturated heterocycles. The monoisotopic (exact) mass is 452 g/mol. The molecular formula is C19H21IN2O3. The molecule has 0 fully saturated rings. The first-order valence-electron chi connectivity index (χ1n) is 7.88. The fourth-order valence-corrected chi connectivity index (χ4v) is 2.93. The Kier molecular flexibility index (Phi) is 7.39. The second-order valence-electron chi connectivity index (χ2n) is 5.63. The molecule has 132 valence electrons. The molecule has 1 atom stereocenters. The SMILES string of the molecule is COC[C@@H](NC(C)=O)C(=O)NCc1ccc(-c2cccc(I)c2)cc1. The lowest BCUT2D eigenvalue weighted by Crippen LogP contribution is -2.48. The third-order valence-electron chi connectivity index (χ3n) is 3.61. The maximum Gasteiger partial charge on any atom is 0.245 e. The molecule has 0 aliphatic carbocycles. The maximum absolute atomic E-state index is 12.2. The first-order valence-corrected chi connectivity index (χ1v) is 8.96. The number of amides is 2. The third kappa shape index (κ3) is 6.13. The highest BCUT2D eigenvalue weighted by molar-refractivity contribution is 14.1. The Hall–Kier alpha value is -1.93. The van der Waals surface area contributed by atoms with Crippen molar-refractivity contribution in [1.29, 1.82) is 0 Å². The van der Waals surface area contributed by atoms with Crippen LogP contribution in [0.3, 0.4) is 0 Å². The molecule has 5 nitrogen and oxygen atoms in total. The highest BCUT2D eigenvalue weighted by atomic mass is 127. The van der Waals surface area contributed by atoms with E-state index < -0.39 is 6.04 Å². The van der Waals surface area contributed by atoms with E-state index in [1.807, 2.05) is 30.3 Å². The van der Waals surface area contributed by atoms with Crippen LogP contribution in [0, 0.1) is 3.57 Å². The Labute approximate surface area is 161 Å². The fraction of sp³-hybridized carbons (Fsp3) is 0.263. The summed E-state index contributed by atoms with van der Waals surface area (Å²) in [6.45, 7) is 1.90. The van der Waals surface area contributed by atoms with Crippen molar-refractivity contribution in [2.75, 3.05) is 13.7 Å². The molecule has 2 aromatic carbocycles. The first-order chi connectivity index (χ1) is 12.0. The summed E-state index contributed by atoms with van der Waals surface area (Å²) in [5.74, 6) is -0.530. The molecule has 0 saturated carbocycles. The molecule has 6 heteroatoms. The second-order valence-corrected chi connectivity index (χ2v) is 6.88. The number of methoxy groups -OCH3 is 1. The molecule has 2 amide bonds. The lowest BCUT2D eigenvalue weighted by molar-refractivity contribution is -0.129. The van der Waals surface area contributed by atoms with Crippen LogP contribution in [0.5, 0.6) is 0 Å².